The fourth-order valence-corrected chi connectivity index (χ4v) is 2.36. The van der Waals surface area contributed by atoms with Crippen LogP contribution in [0.2, 0.25) is 0 Å². The first-order valence-electron chi connectivity index (χ1n) is 6.65. The molecule has 0 aromatic heterocycles. The number of carbonyl (C=O) groups is 1. The zero-order valence-electron chi connectivity index (χ0n) is 12.3. The molecule has 22 heavy (non-hydrogen) atoms. The van der Waals surface area contributed by atoms with Gasteiger partial charge in [-0.3, -0.25) is 4.79 Å². The molecule has 0 N–H and O–H groups in total. The summed E-state index contributed by atoms with van der Waals surface area (Å²) in [6, 6.07) is 15.3. The number of hydrogen-bond donors (Lipinski definition) is 0. The molecule has 1 unspecified atom stereocenters. The molecule has 2 rings (SSSR count). The highest BCUT2D eigenvalue weighted by Gasteiger charge is 2.24. The van der Waals surface area contributed by atoms with E-state index in [1.54, 1.807) is 68.0 Å². The van der Waals surface area contributed by atoms with Crippen LogP contribution in [-0.2, 0) is 0 Å². The van der Waals surface area contributed by atoms with E-state index >= 15 is 0 Å². The van der Waals surface area contributed by atoms with Crippen LogP contribution in [0.25, 0.3) is 0 Å². The van der Waals surface area contributed by atoms with Gasteiger partial charge in [-0.2, -0.15) is 0 Å². The molecule has 0 aliphatic rings. The number of nitrogens with zero attached hydrogens (tertiary/aromatic N) is 1. The summed E-state index contributed by atoms with van der Waals surface area (Å²) in [7, 11) is 1.57. The van der Waals surface area contributed by atoms with E-state index < -0.39 is 12.0 Å². The summed E-state index contributed by atoms with van der Waals surface area (Å²) < 4.78 is 19.5. The molecule has 0 radical (unpaired) electrons. The number of hydrogen-bond acceptors (Lipinski definition) is 4. The molecule has 0 spiro atoms. The zero-order valence-corrected chi connectivity index (χ0v) is 13.1. The summed E-state index contributed by atoms with van der Waals surface area (Å²) in [6.45, 7) is 0. The number of thioether (sulfide) groups is 1. The number of Topliss-reactive ketones (excluding diaryl/α,β-unsaturated/α-hetero) is 1. The van der Waals surface area contributed by atoms with Crippen molar-refractivity contribution in [2.24, 2.45) is 4.99 Å². The Labute approximate surface area is 133 Å². The summed E-state index contributed by atoms with van der Waals surface area (Å²) in [5.74, 6) is 0.115. The van der Waals surface area contributed by atoms with Crippen molar-refractivity contribution >= 4 is 28.3 Å². The van der Waals surface area contributed by atoms with Crippen LogP contribution in [0.1, 0.15) is 10.4 Å². The van der Waals surface area contributed by atoms with Crippen LogP contribution in [-0.4, -0.2) is 30.4 Å². The number of carbonyl (C=O) groups excluding carboxylic acids is 1. The Bertz CT molecular complexity index is 656. The Balaban J connectivity index is 2.22. The van der Waals surface area contributed by atoms with E-state index in [0.29, 0.717) is 17.0 Å². The van der Waals surface area contributed by atoms with Crippen molar-refractivity contribution in [3.63, 3.8) is 0 Å². The van der Waals surface area contributed by atoms with Gasteiger partial charge in [-0.1, -0.05) is 30.3 Å². The van der Waals surface area contributed by atoms with Gasteiger partial charge in [-0.15, -0.1) is 11.8 Å². The lowest BCUT2D eigenvalue weighted by molar-refractivity contribution is 0.0927. The monoisotopic (exact) mass is 317 g/mol. The van der Waals surface area contributed by atoms with Gasteiger partial charge in [0.25, 0.3) is 0 Å². The predicted octanol–water partition coefficient (Wildman–Crippen LogP) is 4.31. The molecule has 0 fully saturated rings. The van der Waals surface area contributed by atoms with Gasteiger partial charge in [0, 0.05) is 5.56 Å². The van der Waals surface area contributed by atoms with Crippen LogP contribution in [0.4, 0.5) is 10.1 Å². The molecule has 0 amide bonds. The lowest BCUT2D eigenvalue weighted by atomic mass is 10.1. The van der Waals surface area contributed by atoms with E-state index in [0.717, 1.165) is 11.8 Å². The molecule has 1 atom stereocenters. The maximum atomic E-state index is 14.5. The average Bonchev–Trinajstić information content (AvgIpc) is 2.59. The van der Waals surface area contributed by atoms with Gasteiger partial charge in [0.05, 0.1) is 12.8 Å². The average molecular weight is 317 g/mol. The molecule has 0 aliphatic heterocycles. The fraction of sp³-hybridized carbons (Fsp3) is 0.176. The topological polar surface area (TPSA) is 38.7 Å². The van der Waals surface area contributed by atoms with Crippen LogP contribution in [0.3, 0.4) is 0 Å². The van der Waals surface area contributed by atoms with E-state index in [9.17, 15) is 9.18 Å². The number of alkyl halides is 1. The number of rotatable bonds is 5. The molecular formula is C17H16FNO2S. The molecular weight excluding hydrogens is 301 g/mol. The molecule has 0 saturated carbocycles. The van der Waals surface area contributed by atoms with E-state index in [1.807, 2.05) is 0 Å². The minimum absolute atomic E-state index is 0.138. The third-order valence-electron chi connectivity index (χ3n) is 3.03. The van der Waals surface area contributed by atoms with Gasteiger partial charge in [0.2, 0.25) is 12.0 Å². The van der Waals surface area contributed by atoms with Crippen molar-refractivity contribution in [3.05, 3.63) is 60.2 Å². The zero-order chi connectivity index (χ0) is 15.9. The van der Waals surface area contributed by atoms with Crippen molar-refractivity contribution in [1.29, 1.82) is 0 Å². The van der Waals surface area contributed by atoms with Crippen LogP contribution in [0.5, 0.6) is 5.75 Å². The Morgan fingerprint density at radius 2 is 1.77 bits per heavy atom. The fourth-order valence-electron chi connectivity index (χ4n) is 1.85. The number of ether oxygens (including phenoxy) is 1. The molecule has 0 aliphatic carbocycles. The first kappa shape index (κ1) is 16.2. The molecule has 0 saturated heterocycles. The second kappa shape index (κ2) is 7.75. The van der Waals surface area contributed by atoms with Gasteiger partial charge < -0.3 is 4.74 Å². The summed E-state index contributed by atoms with van der Waals surface area (Å²) in [5, 5.41) is 0.138. The third kappa shape index (κ3) is 3.95. The molecule has 2 aromatic carbocycles. The highest BCUT2D eigenvalue weighted by Crippen LogP contribution is 2.22. The summed E-state index contributed by atoms with van der Waals surface area (Å²) >= 11 is 1.13. The minimum atomic E-state index is -1.76. The van der Waals surface area contributed by atoms with Gasteiger partial charge in [0.1, 0.15) is 10.8 Å². The Morgan fingerprint density at radius 1 is 1.14 bits per heavy atom. The van der Waals surface area contributed by atoms with Crippen molar-refractivity contribution in [1.82, 2.24) is 0 Å². The first-order chi connectivity index (χ1) is 10.7. The standard InChI is InChI=1S/C17H16FNO2S/c1-21-14-10-8-13(9-11-14)19-17(22-2)15(18)16(20)12-6-4-3-5-7-12/h3-11,15H,1-2H3. The molecule has 0 heterocycles. The Kier molecular flexibility index (Phi) is 5.72. The normalized spacial score (nSPS) is 12.8. The number of methoxy groups -OCH3 is 1. The van der Waals surface area contributed by atoms with E-state index in [2.05, 4.69) is 4.99 Å². The van der Waals surface area contributed by atoms with Gasteiger partial charge in [-0.25, -0.2) is 9.38 Å². The lowest BCUT2D eigenvalue weighted by Crippen LogP contribution is -2.23. The van der Waals surface area contributed by atoms with Crippen molar-refractivity contribution in [2.45, 2.75) is 6.17 Å². The second-order valence-electron chi connectivity index (χ2n) is 4.45. The largest absolute Gasteiger partial charge is 0.497 e. The van der Waals surface area contributed by atoms with E-state index in [4.69, 9.17) is 4.74 Å². The quantitative estimate of drug-likeness (QED) is 0.468. The van der Waals surface area contributed by atoms with Gasteiger partial charge in [0.15, 0.2) is 0 Å². The number of halogens is 1. The Morgan fingerprint density at radius 3 is 2.32 bits per heavy atom. The third-order valence-corrected chi connectivity index (χ3v) is 3.74. The summed E-state index contributed by atoms with van der Waals surface area (Å²) in [6.07, 6.45) is -0.0628. The van der Waals surface area contributed by atoms with Crippen LogP contribution >= 0.6 is 11.8 Å². The highest BCUT2D eigenvalue weighted by atomic mass is 32.2. The summed E-state index contributed by atoms with van der Waals surface area (Å²) in [4.78, 5) is 16.4. The van der Waals surface area contributed by atoms with Crippen molar-refractivity contribution < 1.29 is 13.9 Å². The maximum absolute atomic E-state index is 14.5. The predicted molar refractivity (Wildman–Crippen MR) is 89.3 cm³/mol. The Hall–Kier alpha value is -2.14. The molecule has 114 valence electrons. The number of aliphatic imine (C=N–C) groups is 1. The van der Waals surface area contributed by atoms with Crippen molar-refractivity contribution in [2.75, 3.05) is 13.4 Å². The molecule has 2 aromatic rings. The molecule has 5 heteroatoms. The molecule has 3 nitrogen and oxygen atoms in total. The van der Waals surface area contributed by atoms with E-state index in [-0.39, 0.29) is 5.04 Å². The second-order valence-corrected chi connectivity index (χ2v) is 5.27. The van der Waals surface area contributed by atoms with Crippen LogP contribution < -0.4 is 4.74 Å². The smallest absolute Gasteiger partial charge is 0.210 e. The lowest BCUT2D eigenvalue weighted by Gasteiger charge is -2.09. The van der Waals surface area contributed by atoms with Gasteiger partial charge in [-0.05, 0) is 30.5 Å². The highest BCUT2D eigenvalue weighted by molar-refractivity contribution is 8.13. The summed E-state index contributed by atoms with van der Waals surface area (Å²) in [5.41, 5.74) is 0.917. The number of benzene rings is 2. The SMILES string of the molecule is COc1ccc(N=C(SC)C(F)C(=O)c2ccccc2)cc1. The molecule has 0 bridgehead atoms. The van der Waals surface area contributed by atoms with Gasteiger partial charge >= 0.3 is 0 Å². The minimum Gasteiger partial charge on any atom is -0.497 e. The van der Waals surface area contributed by atoms with Crippen molar-refractivity contribution in [3.8, 4) is 5.75 Å². The first-order valence-corrected chi connectivity index (χ1v) is 7.88. The van der Waals surface area contributed by atoms with Crippen LogP contribution in [0.15, 0.2) is 59.6 Å². The van der Waals surface area contributed by atoms with E-state index in [1.165, 1.54) is 0 Å². The number of ketones is 1. The maximum Gasteiger partial charge on any atom is 0.210 e. The van der Waals surface area contributed by atoms with Crippen LogP contribution in [0, 0.1) is 0 Å².